The molecule has 0 heterocycles. The Morgan fingerprint density at radius 2 is 1.65 bits per heavy atom. The van der Waals surface area contributed by atoms with Gasteiger partial charge in [-0.2, -0.15) is 0 Å². The maximum atomic E-state index is 11.3. The maximum absolute atomic E-state index is 11.3. The van der Waals surface area contributed by atoms with E-state index >= 15 is 0 Å². The summed E-state index contributed by atoms with van der Waals surface area (Å²) in [6.07, 6.45) is 5.17. The standard InChI is InChI=1S/C12H27O4P/c1-11(2)9-7-5-6-8-10-15-17(13,14)16-12(3)4/h11-12H,5-10H2,1-4H3,(H,13,14). The van der Waals surface area contributed by atoms with Crippen molar-refractivity contribution in [3.8, 4) is 0 Å². The van der Waals surface area contributed by atoms with Crippen molar-refractivity contribution >= 4 is 7.82 Å². The predicted octanol–water partition coefficient (Wildman–Crippen LogP) is 4.13. The first kappa shape index (κ1) is 17.1. The molecule has 0 rings (SSSR count). The molecular formula is C12H27O4P. The van der Waals surface area contributed by atoms with Crippen LogP contribution in [-0.2, 0) is 13.6 Å². The summed E-state index contributed by atoms with van der Waals surface area (Å²) in [7, 11) is -3.82. The van der Waals surface area contributed by atoms with E-state index in [0.29, 0.717) is 6.61 Å². The van der Waals surface area contributed by atoms with Gasteiger partial charge in [0.1, 0.15) is 0 Å². The number of hydrogen-bond donors (Lipinski definition) is 1. The van der Waals surface area contributed by atoms with Crippen LogP contribution in [0.2, 0.25) is 0 Å². The molecule has 0 fully saturated rings. The molecule has 17 heavy (non-hydrogen) atoms. The van der Waals surface area contributed by atoms with Crippen LogP contribution in [0.3, 0.4) is 0 Å². The molecule has 0 radical (unpaired) electrons. The Balaban J connectivity index is 3.42. The van der Waals surface area contributed by atoms with Crippen LogP contribution in [0.25, 0.3) is 0 Å². The van der Waals surface area contributed by atoms with Gasteiger partial charge in [-0.25, -0.2) is 4.57 Å². The second-order valence-corrected chi connectivity index (χ2v) is 6.46. The lowest BCUT2D eigenvalue weighted by Gasteiger charge is -2.14. The van der Waals surface area contributed by atoms with Gasteiger partial charge in [0.25, 0.3) is 0 Å². The molecule has 0 aliphatic carbocycles. The van der Waals surface area contributed by atoms with Gasteiger partial charge < -0.3 is 4.89 Å². The summed E-state index contributed by atoms with van der Waals surface area (Å²) in [5.41, 5.74) is 0. The van der Waals surface area contributed by atoms with Crippen LogP contribution >= 0.6 is 7.82 Å². The van der Waals surface area contributed by atoms with E-state index in [4.69, 9.17) is 9.05 Å². The highest BCUT2D eigenvalue weighted by atomic mass is 31.2. The molecule has 4 nitrogen and oxygen atoms in total. The second-order valence-electron chi connectivity index (χ2n) is 5.05. The molecule has 0 spiro atoms. The summed E-state index contributed by atoms with van der Waals surface area (Å²) < 4.78 is 21.0. The third kappa shape index (κ3) is 12.4. The fraction of sp³-hybridized carbons (Fsp3) is 1.00. The lowest BCUT2D eigenvalue weighted by Crippen LogP contribution is -2.03. The van der Waals surface area contributed by atoms with E-state index in [1.807, 2.05) is 0 Å². The minimum absolute atomic E-state index is 0.294. The molecule has 0 saturated heterocycles. The zero-order chi connectivity index (χ0) is 13.3. The molecule has 0 bridgehead atoms. The lowest BCUT2D eigenvalue weighted by molar-refractivity contribution is 0.119. The third-order valence-corrected chi connectivity index (χ3v) is 3.47. The molecule has 0 aromatic rings. The second kappa shape index (κ2) is 9.09. The summed E-state index contributed by atoms with van der Waals surface area (Å²) in [5, 5.41) is 0. The SMILES string of the molecule is CC(C)CCCCCCOP(=O)(O)OC(C)C. The fourth-order valence-corrected chi connectivity index (χ4v) is 2.44. The first-order valence-corrected chi connectivity index (χ1v) is 7.99. The van der Waals surface area contributed by atoms with Crippen LogP contribution in [0, 0.1) is 5.92 Å². The maximum Gasteiger partial charge on any atom is 0.472 e. The monoisotopic (exact) mass is 266 g/mol. The third-order valence-electron chi connectivity index (χ3n) is 2.27. The minimum atomic E-state index is -3.82. The highest BCUT2D eigenvalue weighted by Gasteiger charge is 2.21. The average Bonchev–Trinajstić information content (AvgIpc) is 2.13. The van der Waals surface area contributed by atoms with Gasteiger partial charge in [0, 0.05) is 0 Å². The molecule has 0 aliphatic rings. The van der Waals surface area contributed by atoms with Crippen LogP contribution in [0.5, 0.6) is 0 Å². The van der Waals surface area contributed by atoms with E-state index in [2.05, 4.69) is 13.8 Å². The van der Waals surface area contributed by atoms with E-state index in [0.717, 1.165) is 25.2 Å². The van der Waals surface area contributed by atoms with Gasteiger partial charge >= 0.3 is 7.82 Å². The predicted molar refractivity (Wildman–Crippen MR) is 69.9 cm³/mol. The number of unbranched alkanes of at least 4 members (excludes halogenated alkanes) is 3. The molecule has 0 aromatic heterocycles. The zero-order valence-electron chi connectivity index (χ0n) is 11.5. The first-order valence-electron chi connectivity index (χ1n) is 6.49. The Bertz CT molecular complexity index is 229. The van der Waals surface area contributed by atoms with Gasteiger partial charge in [-0.1, -0.05) is 39.5 Å². The van der Waals surface area contributed by atoms with E-state index in [9.17, 15) is 9.46 Å². The topological polar surface area (TPSA) is 55.8 Å². The number of phosphoric ester groups is 1. The summed E-state index contributed by atoms with van der Waals surface area (Å²) in [5.74, 6) is 0.753. The van der Waals surface area contributed by atoms with Gasteiger partial charge in [0.05, 0.1) is 12.7 Å². The van der Waals surface area contributed by atoms with Crippen molar-refractivity contribution in [1.29, 1.82) is 0 Å². The molecule has 1 unspecified atom stereocenters. The number of hydrogen-bond acceptors (Lipinski definition) is 3. The fourth-order valence-electron chi connectivity index (χ4n) is 1.48. The van der Waals surface area contributed by atoms with E-state index in [1.54, 1.807) is 13.8 Å². The van der Waals surface area contributed by atoms with Gasteiger partial charge in [-0.3, -0.25) is 9.05 Å². The van der Waals surface area contributed by atoms with Crippen molar-refractivity contribution < 1.29 is 18.5 Å². The molecule has 0 amide bonds. The lowest BCUT2D eigenvalue weighted by atomic mass is 10.0. The Morgan fingerprint density at radius 1 is 1.06 bits per heavy atom. The summed E-state index contributed by atoms with van der Waals surface area (Å²) >= 11 is 0. The van der Waals surface area contributed by atoms with Crippen LogP contribution in [0.15, 0.2) is 0 Å². The minimum Gasteiger partial charge on any atom is -0.302 e. The van der Waals surface area contributed by atoms with Gasteiger partial charge in [-0.15, -0.1) is 0 Å². The van der Waals surface area contributed by atoms with Crippen molar-refractivity contribution in [3.05, 3.63) is 0 Å². The summed E-state index contributed by atoms with van der Waals surface area (Å²) in [6, 6.07) is 0. The molecule has 5 heteroatoms. The molecule has 1 atom stereocenters. The van der Waals surface area contributed by atoms with Crippen molar-refractivity contribution in [2.45, 2.75) is 65.9 Å². The van der Waals surface area contributed by atoms with E-state index in [1.165, 1.54) is 12.8 Å². The van der Waals surface area contributed by atoms with Crippen LogP contribution in [0.1, 0.15) is 59.8 Å². The van der Waals surface area contributed by atoms with Crippen LogP contribution in [0.4, 0.5) is 0 Å². The Labute approximate surface area is 105 Å². The number of rotatable bonds is 10. The summed E-state index contributed by atoms with van der Waals surface area (Å²) in [6.45, 7) is 8.14. The van der Waals surface area contributed by atoms with Crippen molar-refractivity contribution in [3.63, 3.8) is 0 Å². The first-order chi connectivity index (χ1) is 7.83. The Morgan fingerprint density at radius 3 is 2.18 bits per heavy atom. The van der Waals surface area contributed by atoms with Crippen molar-refractivity contribution in [2.75, 3.05) is 6.61 Å². The molecule has 0 aliphatic heterocycles. The average molecular weight is 266 g/mol. The van der Waals surface area contributed by atoms with Crippen molar-refractivity contribution in [2.24, 2.45) is 5.92 Å². The van der Waals surface area contributed by atoms with E-state index in [-0.39, 0.29) is 6.10 Å². The molecule has 104 valence electrons. The number of phosphoric acid groups is 1. The quantitative estimate of drug-likeness (QED) is 0.477. The Hall–Kier alpha value is 0.110. The molecule has 0 aromatic carbocycles. The highest BCUT2D eigenvalue weighted by molar-refractivity contribution is 7.47. The Kier molecular flexibility index (Phi) is 9.15. The molecular weight excluding hydrogens is 239 g/mol. The molecule has 0 saturated carbocycles. The van der Waals surface area contributed by atoms with Crippen LogP contribution in [-0.4, -0.2) is 17.6 Å². The van der Waals surface area contributed by atoms with E-state index < -0.39 is 7.82 Å². The normalized spacial score (nSPS) is 15.5. The zero-order valence-corrected chi connectivity index (χ0v) is 12.4. The van der Waals surface area contributed by atoms with Gasteiger partial charge in [-0.05, 0) is 26.2 Å². The smallest absolute Gasteiger partial charge is 0.302 e. The molecule has 1 N–H and O–H groups in total. The largest absolute Gasteiger partial charge is 0.472 e. The summed E-state index contributed by atoms with van der Waals surface area (Å²) in [4.78, 5) is 9.27. The van der Waals surface area contributed by atoms with Crippen LogP contribution < -0.4 is 0 Å². The van der Waals surface area contributed by atoms with Gasteiger partial charge in [0.2, 0.25) is 0 Å². The van der Waals surface area contributed by atoms with Crippen molar-refractivity contribution in [1.82, 2.24) is 0 Å². The highest BCUT2D eigenvalue weighted by Crippen LogP contribution is 2.44. The van der Waals surface area contributed by atoms with Gasteiger partial charge in [0.15, 0.2) is 0 Å².